The quantitative estimate of drug-likeness (QED) is 0.587. The molecule has 0 saturated carbocycles. The number of aromatic nitrogens is 2. The Bertz CT molecular complexity index is 769. The minimum atomic E-state index is -0.289. The van der Waals surface area contributed by atoms with E-state index >= 15 is 0 Å². The van der Waals surface area contributed by atoms with Gasteiger partial charge in [0.25, 0.3) is 0 Å². The maximum atomic E-state index is 11.8. The van der Waals surface area contributed by atoms with Crippen molar-refractivity contribution < 1.29 is 14.1 Å². The third-order valence-electron chi connectivity index (χ3n) is 3.10. The van der Waals surface area contributed by atoms with Crippen molar-refractivity contribution in [1.29, 1.82) is 0 Å². The highest BCUT2D eigenvalue weighted by Gasteiger charge is 2.11. The molecule has 0 radical (unpaired) electrons. The topological polar surface area (TPSA) is 65.2 Å². The third-order valence-corrected chi connectivity index (χ3v) is 4.32. The Labute approximate surface area is 145 Å². The van der Waals surface area contributed by atoms with Crippen molar-refractivity contribution in [2.24, 2.45) is 0 Å². The van der Waals surface area contributed by atoms with Gasteiger partial charge in [0.1, 0.15) is 6.61 Å². The molecule has 2 aromatic heterocycles. The van der Waals surface area contributed by atoms with Crippen molar-refractivity contribution in [1.82, 2.24) is 10.1 Å². The molecular weight excluding hydrogens is 380 g/mol. The number of thiophene rings is 1. The smallest absolute Gasteiger partial charge is 0.306 e. The van der Waals surface area contributed by atoms with Crippen LogP contribution in [0.15, 0.2) is 50.1 Å². The molecule has 1 aromatic carbocycles. The van der Waals surface area contributed by atoms with E-state index in [-0.39, 0.29) is 19.0 Å². The second-order valence-electron chi connectivity index (χ2n) is 4.81. The summed E-state index contributed by atoms with van der Waals surface area (Å²) in [6.45, 7) is 0.260. The summed E-state index contributed by atoms with van der Waals surface area (Å²) >= 11 is 4.93. The summed E-state index contributed by atoms with van der Waals surface area (Å²) < 4.78 is 11.4. The van der Waals surface area contributed by atoms with Crippen LogP contribution in [0.2, 0.25) is 0 Å². The van der Waals surface area contributed by atoms with Crippen molar-refractivity contribution in [3.8, 4) is 11.4 Å². The predicted octanol–water partition coefficient (Wildman–Crippen LogP) is 4.24. The molecule has 0 aliphatic rings. The summed E-state index contributed by atoms with van der Waals surface area (Å²) in [5.41, 5.74) is 1.86. The monoisotopic (exact) mass is 392 g/mol. The molecule has 0 N–H and O–H groups in total. The van der Waals surface area contributed by atoms with Crippen LogP contribution in [-0.2, 0) is 22.6 Å². The van der Waals surface area contributed by atoms with E-state index in [1.165, 1.54) is 0 Å². The van der Waals surface area contributed by atoms with E-state index in [2.05, 4.69) is 26.1 Å². The van der Waals surface area contributed by atoms with Crippen molar-refractivity contribution in [3.63, 3.8) is 0 Å². The van der Waals surface area contributed by atoms with Crippen molar-refractivity contribution >= 4 is 33.2 Å². The van der Waals surface area contributed by atoms with Gasteiger partial charge in [-0.1, -0.05) is 33.2 Å². The number of rotatable bonds is 6. The Kier molecular flexibility index (Phi) is 5.19. The second-order valence-corrected chi connectivity index (χ2v) is 6.51. The minimum absolute atomic E-state index is 0.210. The number of halogens is 1. The van der Waals surface area contributed by atoms with Crippen LogP contribution in [0.4, 0.5) is 0 Å². The molecule has 7 heteroatoms. The number of ether oxygens (including phenoxy) is 1. The summed E-state index contributed by atoms with van der Waals surface area (Å²) in [5.74, 6) is 0.694. The first-order valence-electron chi connectivity index (χ1n) is 6.96. The van der Waals surface area contributed by atoms with Gasteiger partial charge in [0.15, 0.2) is 0 Å². The fraction of sp³-hybridized carbons (Fsp3) is 0.188. The Hall–Kier alpha value is -1.99. The fourth-order valence-corrected chi connectivity index (χ4v) is 2.79. The van der Waals surface area contributed by atoms with E-state index in [4.69, 9.17) is 9.26 Å². The van der Waals surface area contributed by atoms with Gasteiger partial charge in [-0.2, -0.15) is 16.3 Å². The highest BCUT2D eigenvalue weighted by Crippen LogP contribution is 2.19. The lowest BCUT2D eigenvalue weighted by molar-refractivity contribution is -0.145. The van der Waals surface area contributed by atoms with Gasteiger partial charge in [0, 0.05) is 21.8 Å². The van der Waals surface area contributed by atoms with Crippen LogP contribution < -0.4 is 0 Å². The van der Waals surface area contributed by atoms with Crippen LogP contribution >= 0.6 is 27.3 Å². The Morgan fingerprint density at radius 1 is 1.26 bits per heavy atom. The Balaban J connectivity index is 1.46. The summed E-state index contributed by atoms with van der Waals surface area (Å²) in [4.78, 5) is 16.0. The van der Waals surface area contributed by atoms with Gasteiger partial charge in [-0.25, -0.2) is 0 Å². The molecule has 0 aliphatic heterocycles. The zero-order valence-electron chi connectivity index (χ0n) is 12.1. The van der Waals surface area contributed by atoms with Gasteiger partial charge in [-0.05, 0) is 29.1 Å². The van der Waals surface area contributed by atoms with Crippen molar-refractivity contribution in [3.05, 3.63) is 57.0 Å². The summed E-state index contributed by atoms with van der Waals surface area (Å²) in [5, 5.41) is 7.80. The van der Waals surface area contributed by atoms with E-state index in [0.717, 1.165) is 15.6 Å². The Morgan fingerprint density at radius 2 is 2.09 bits per heavy atom. The van der Waals surface area contributed by atoms with Crippen LogP contribution in [-0.4, -0.2) is 16.1 Å². The SMILES string of the molecule is O=C(CCc1nc(-c2ccsc2)no1)OCc1ccc(Br)cc1. The van der Waals surface area contributed by atoms with Crippen LogP contribution in [0, 0.1) is 0 Å². The molecule has 0 unspecified atom stereocenters. The van der Waals surface area contributed by atoms with Crippen LogP contribution in [0.25, 0.3) is 11.4 Å². The van der Waals surface area contributed by atoms with E-state index in [0.29, 0.717) is 18.1 Å². The molecule has 0 bridgehead atoms. The molecule has 23 heavy (non-hydrogen) atoms. The number of hydrogen-bond donors (Lipinski definition) is 0. The number of hydrogen-bond acceptors (Lipinski definition) is 6. The number of esters is 1. The van der Waals surface area contributed by atoms with Gasteiger partial charge < -0.3 is 9.26 Å². The lowest BCUT2D eigenvalue weighted by Crippen LogP contribution is -2.06. The second kappa shape index (κ2) is 7.52. The molecule has 0 saturated heterocycles. The third kappa shape index (κ3) is 4.49. The molecule has 118 valence electrons. The van der Waals surface area contributed by atoms with Crippen LogP contribution in [0.1, 0.15) is 17.9 Å². The first-order chi connectivity index (χ1) is 11.2. The van der Waals surface area contributed by atoms with Crippen LogP contribution in [0.5, 0.6) is 0 Å². The van der Waals surface area contributed by atoms with E-state index in [1.807, 2.05) is 41.1 Å². The zero-order valence-corrected chi connectivity index (χ0v) is 14.5. The summed E-state index contributed by atoms with van der Waals surface area (Å²) in [6, 6.07) is 9.55. The average Bonchev–Trinajstić information content (AvgIpc) is 3.23. The minimum Gasteiger partial charge on any atom is -0.461 e. The van der Waals surface area contributed by atoms with Gasteiger partial charge in [0.2, 0.25) is 11.7 Å². The first-order valence-corrected chi connectivity index (χ1v) is 8.69. The largest absolute Gasteiger partial charge is 0.461 e. The molecule has 3 rings (SSSR count). The molecule has 0 aliphatic carbocycles. The van der Waals surface area contributed by atoms with Crippen molar-refractivity contribution in [2.75, 3.05) is 0 Å². The number of carbonyl (C=O) groups excluding carboxylic acids is 1. The normalized spacial score (nSPS) is 10.7. The molecule has 2 heterocycles. The van der Waals surface area contributed by atoms with Crippen molar-refractivity contribution in [2.45, 2.75) is 19.4 Å². The molecule has 5 nitrogen and oxygen atoms in total. The van der Waals surface area contributed by atoms with Gasteiger partial charge >= 0.3 is 5.97 Å². The standard InChI is InChI=1S/C16H13BrN2O3S/c17-13-3-1-11(2-4-13)9-21-15(20)6-5-14-18-16(19-22-14)12-7-8-23-10-12/h1-4,7-8,10H,5-6,9H2. The maximum Gasteiger partial charge on any atom is 0.306 e. The lowest BCUT2D eigenvalue weighted by atomic mass is 10.2. The predicted molar refractivity (Wildman–Crippen MR) is 89.9 cm³/mol. The molecule has 3 aromatic rings. The lowest BCUT2D eigenvalue weighted by Gasteiger charge is -2.04. The van der Waals surface area contributed by atoms with Gasteiger partial charge in [-0.3, -0.25) is 4.79 Å². The van der Waals surface area contributed by atoms with Crippen LogP contribution in [0.3, 0.4) is 0 Å². The fourth-order valence-electron chi connectivity index (χ4n) is 1.89. The van der Waals surface area contributed by atoms with E-state index in [9.17, 15) is 4.79 Å². The average molecular weight is 393 g/mol. The van der Waals surface area contributed by atoms with Gasteiger partial charge in [-0.15, -0.1) is 0 Å². The highest BCUT2D eigenvalue weighted by atomic mass is 79.9. The number of nitrogens with zero attached hydrogens (tertiary/aromatic N) is 2. The molecule has 0 atom stereocenters. The first kappa shape index (κ1) is 15.9. The Morgan fingerprint density at radius 3 is 2.83 bits per heavy atom. The summed E-state index contributed by atoms with van der Waals surface area (Å²) in [6.07, 6.45) is 0.581. The summed E-state index contributed by atoms with van der Waals surface area (Å²) in [7, 11) is 0. The van der Waals surface area contributed by atoms with E-state index in [1.54, 1.807) is 11.3 Å². The molecular formula is C16H13BrN2O3S. The molecule has 0 amide bonds. The highest BCUT2D eigenvalue weighted by molar-refractivity contribution is 9.10. The molecule has 0 fully saturated rings. The number of carbonyl (C=O) groups is 1. The maximum absolute atomic E-state index is 11.8. The van der Waals surface area contributed by atoms with Gasteiger partial charge in [0.05, 0.1) is 6.42 Å². The zero-order chi connectivity index (χ0) is 16.1. The molecule has 0 spiro atoms. The number of benzene rings is 1. The number of aryl methyl sites for hydroxylation is 1. The van der Waals surface area contributed by atoms with E-state index < -0.39 is 0 Å².